The van der Waals surface area contributed by atoms with Crippen molar-refractivity contribution in [3.63, 3.8) is 0 Å². The number of nitriles is 1. The summed E-state index contributed by atoms with van der Waals surface area (Å²) in [5.41, 5.74) is 0.861. The molecule has 1 saturated heterocycles. The van der Waals surface area contributed by atoms with Crippen molar-refractivity contribution in [3.05, 3.63) is 59.7 Å². The lowest BCUT2D eigenvalue weighted by molar-refractivity contribution is -0.137. The molecule has 3 rings (SSSR count). The SMILES string of the molecule is N#CCc1ccc(OCC(=O)NCCCN2CCN(c3cccc(C(F)(F)F)c3)CC2)cc1. The fraction of sp³-hybridized carbons (Fsp3) is 0.417. The molecule has 176 valence electrons. The van der Waals surface area contributed by atoms with Crippen molar-refractivity contribution in [2.24, 2.45) is 0 Å². The van der Waals surface area contributed by atoms with Crippen LogP contribution in [0.1, 0.15) is 17.5 Å². The third-order valence-corrected chi connectivity index (χ3v) is 5.46. The highest BCUT2D eigenvalue weighted by Crippen LogP contribution is 2.31. The number of carbonyl (C=O) groups excluding carboxylic acids is 1. The van der Waals surface area contributed by atoms with Crippen LogP contribution in [-0.4, -0.2) is 56.7 Å². The van der Waals surface area contributed by atoms with Gasteiger partial charge in [0.25, 0.3) is 5.91 Å². The molecular formula is C24H27F3N4O2. The number of ether oxygens (including phenoxy) is 1. The third-order valence-electron chi connectivity index (χ3n) is 5.46. The predicted molar refractivity (Wildman–Crippen MR) is 119 cm³/mol. The number of hydrogen-bond donors (Lipinski definition) is 1. The fourth-order valence-electron chi connectivity index (χ4n) is 3.63. The number of carbonyl (C=O) groups is 1. The van der Waals surface area contributed by atoms with Crippen LogP contribution in [0.25, 0.3) is 0 Å². The van der Waals surface area contributed by atoms with Gasteiger partial charge in [0.15, 0.2) is 6.61 Å². The van der Waals surface area contributed by atoms with Gasteiger partial charge in [-0.05, 0) is 48.9 Å². The molecular weight excluding hydrogens is 433 g/mol. The van der Waals surface area contributed by atoms with E-state index in [0.717, 1.165) is 37.7 Å². The first-order chi connectivity index (χ1) is 15.8. The summed E-state index contributed by atoms with van der Waals surface area (Å²) in [6.45, 7) is 4.09. The Balaban J connectivity index is 1.30. The summed E-state index contributed by atoms with van der Waals surface area (Å²) < 4.78 is 44.2. The number of nitrogens with zero attached hydrogens (tertiary/aromatic N) is 3. The van der Waals surface area contributed by atoms with E-state index < -0.39 is 11.7 Å². The fourth-order valence-corrected chi connectivity index (χ4v) is 3.63. The maximum absolute atomic E-state index is 12.9. The Morgan fingerprint density at radius 3 is 2.48 bits per heavy atom. The van der Waals surface area contributed by atoms with Crippen LogP contribution in [0.2, 0.25) is 0 Å². The van der Waals surface area contributed by atoms with Gasteiger partial charge in [-0.2, -0.15) is 18.4 Å². The molecule has 0 saturated carbocycles. The first-order valence-electron chi connectivity index (χ1n) is 10.8. The summed E-state index contributed by atoms with van der Waals surface area (Å²) in [6, 6.07) is 14.6. The number of nitrogens with one attached hydrogen (secondary N) is 1. The van der Waals surface area contributed by atoms with E-state index in [2.05, 4.69) is 16.3 Å². The van der Waals surface area contributed by atoms with Gasteiger partial charge < -0.3 is 15.0 Å². The van der Waals surface area contributed by atoms with Gasteiger partial charge >= 0.3 is 6.18 Å². The van der Waals surface area contributed by atoms with Crippen LogP contribution in [0.15, 0.2) is 48.5 Å². The zero-order chi connectivity index (χ0) is 23.7. The Morgan fingerprint density at radius 2 is 1.82 bits per heavy atom. The molecule has 0 atom stereocenters. The van der Waals surface area contributed by atoms with Crippen LogP contribution < -0.4 is 15.0 Å². The van der Waals surface area contributed by atoms with Crippen LogP contribution in [0.3, 0.4) is 0 Å². The quantitative estimate of drug-likeness (QED) is 0.581. The molecule has 2 aromatic rings. The normalized spacial score (nSPS) is 14.5. The first kappa shape index (κ1) is 24.4. The Kier molecular flexibility index (Phi) is 8.55. The zero-order valence-corrected chi connectivity index (χ0v) is 18.3. The van der Waals surface area contributed by atoms with Gasteiger partial charge in [0.05, 0.1) is 18.1 Å². The van der Waals surface area contributed by atoms with Crippen molar-refractivity contribution >= 4 is 11.6 Å². The van der Waals surface area contributed by atoms with Gasteiger partial charge in [-0.15, -0.1) is 0 Å². The molecule has 0 spiro atoms. The highest BCUT2D eigenvalue weighted by Gasteiger charge is 2.31. The lowest BCUT2D eigenvalue weighted by Crippen LogP contribution is -2.47. The third kappa shape index (κ3) is 7.68. The zero-order valence-electron chi connectivity index (χ0n) is 18.3. The average Bonchev–Trinajstić information content (AvgIpc) is 2.81. The molecule has 0 unspecified atom stereocenters. The molecule has 2 aromatic carbocycles. The molecule has 1 heterocycles. The summed E-state index contributed by atoms with van der Waals surface area (Å²) in [7, 11) is 0. The topological polar surface area (TPSA) is 68.6 Å². The van der Waals surface area contributed by atoms with E-state index >= 15 is 0 Å². The van der Waals surface area contributed by atoms with E-state index in [0.29, 0.717) is 37.5 Å². The summed E-state index contributed by atoms with van der Waals surface area (Å²) in [6.07, 6.45) is -3.23. The number of anilines is 1. The molecule has 6 nitrogen and oxygen atoms in total. The van der Waals surface area contributed by atoms with Crippen LogP contribution in [0.4, 0.5) is 18.9 Å². The molecule has 0 aliphatic carbocycles. The molecule has 1 fully saturated rings. The minimum atomic E-state index is -4.34. The molecule has 9 heteroatoms. The number of rotatable bonds is 9. The van der Waals surface area contributed by atoms with Crippen LogP contribution in [0, 0.1) is 11.3 Å². The number of halogens is 3. The van der Waals surface area contributed by atoms with Gasteiger partial charge in [-0.3, -0.25) is 9.69 Å². The molecule has 1 aliphatic heterocycles. The summed E-state index contributed by atoms with van der Waals surface area (Å²) in [5, 5.41) is 11.5. The van der Waals surface area contributed by atoms with Gasteiger partial charge in [-0.25, -0.2) is 0 Å². The second-order valence-electron chi connectivity index (χ2n) is 7.85. The standard InChI is InChI=1S/C24H27F3N4O2/c25-24(26,27)20-3-1-4-21(17-20)31-15-13-30(14-16-31)12-2-11-29-23(32)18-33-22-7-5-19(6-8-22)9-10-28/h1,3-8,17H,2,9,11-16,18H2,(H,29,32). The van der Waals surface area contributed by atoms with E-state index in [1.807, 2.05) is 4.90 Å². The molecule has 33 heavy (non-hydrogen) atoms. The highest BCUT2D eigenvalue weighted by atomic mass is 19.4. The van der Waals surface area contributed by atoms with E-state index in [1.165, 1.54) is 12.1 Å². The van der Waals surface area contributed by atoms with Crippen molar-refractivity contribution in [1.29, 1.82) is 5.26 Å². The van der Waals surface area contributed by atoms with Gasteiger partial charge in [0.2, 0.25) is 0 Å². The van der Waals surface area contributed by atoms with Crippen molar-refractivity contribution in [3.8, 4) is 11.8 Å². The predicted octanol–water partition coefficient (Wildman–Crippen LogP) is 3.48. The van der Waals surface area contributed by atoms with E-state index in [9.17, 15) is 18.0 Å². The van der Waals surface area contributed by atoms with E-state index in [4.69, 9.17) is 10.00 Å². The maximum Gasteiger partial charge on any atom is 0.416 e. The summed E-state index contributed by atoms with van der Waals surface area (Å²) in [4.78, 5) is 16.2. The molecule has 1 aliphatic rings. The van der Waals surface area contributed by atoms with Gasteiger partial charge in [-0.1, -0.05) is 18.2 Å². The number of piperazine rings is 1. The second-order valence-corrected chi connectivity index (χ2v) is 7.85. The number of amides is 1. The van der Waals surface area contributed by atoms with Crippen molar-refractivity contribution in [1.82, 2.24) is 10.2 Å². The van der Waals surface area contributed by atoms with Crippen LogP contribution in [0.5, 0.6) is 5.75 Å². The van der Waals surface area contributed by atoms with Crippen molar-refractivity contribution in [2.45, 2.75) is 19.0 Å². The highest BCUT2D eigenvalue weighted by molar-refractivity contribution is 5.77. The Hall–Kier alpha value is -3.25. The molecule has 1 N–H and O–H groups in total. The number of benzene rings is 2. The van der Waals surface area contributed by atoms with Gasteiger partial charge in [0, 0.05) is 38.4 Å². The van der Waals surface area contributed by atoms with Crippen LogP contribution >= 0.6 is 0 Å². The monoisotopic (exact) mass is 460 g/mol. The van der Waals surface area contributed by atoms with E-state index in [1.54, 1.807) is 30.3 Å². The minimum absolute atomic E-state index is 0.0761. The van der Waals surface area contributed by atoms with Crippen LogP contribution in [-0.2, 0) is 17.4 Å². The van der Waals surface area contributed by atoms with E-state index in [-0.39, 0.29) is 12.5 Å². The lowest BCUT2D eigenvalue weighted by atomic mass is 10.1. The first-order valence-corrected chi connectivity index (χ1v) is 10.8. The minimum Gasteiger partial charge on any atom is -0.484 e. The Labute approximate surface area is 191 Å². The van der Waals surface area contributed by atoms with Crippen molar-refractivity contribution < 1.29 is 22.7 Å². The molecule has 1 amide bonds. The Bertz CT molecular complexity index is 949. The van der Waals surface area contributed by atoms with Gasteiger partial charge in [0.1, 0.15) is 5.75 Å². The largest absolute Gasteiger partial charge is 0.484 e. The molecule has 0 radical (unpaired) electrons. The average molecular weight is 461 g/mol. The lowest BCUT2D eigenvalue weighted by Gasteiger charge is -2.36. The Morgan fingerprint density at radius 1 is 1.09 bits per heavy atom. The summed E-state index contributed by atoms with van der Waals surface area (Å²) >= 11 is 0. The second kappa shape index (κ2) is 11.6. The summed E-state index contributed by atoms with van der Waals surface area (Å²) in [5.74, 6) is 0.371. The number of hydrogen-bond acceptors (Lipinski definition) is 5. The van der Waals surface area contributed by atoms with Crippen molar-refractivity contribution in [2.75, 3.05) is 50.8 Å². The number of alkyl halides is 3. The molecule has 0 bridgehead atoms. The molecule has 0 aromatic heterocycles. The maximum atomic E-state index is 12.9. The smallest absolute Gasteiger partial charge is 0.416 e.